The van der Waals surface area contributed by atoms with Gasteiger partial charge in [-0.1, -0.05) is 46.8 Å². The minimum absolute atomic E-state index is 0.287. The molecule has 1 nitrogen and oxygen atoms in total. The van der Waals surface area contributed by atoms with Gasteiger partial charge in [0, 0.05) is 6.54 Å². The van der Waals surface area contributed by atoms with E-state index >= 15 is 0 Å². The van der Waals surface area contributed by atoms with Crippen molar-refractivity contribution in [2.45, 2.75) is 41.0 Å². The predicted molar refractivity (Wildman–Crippen MR) is 60.9 cm³/mol. The van der Waals surface area contributed by atoms with Crippen molar-refractivity contribution >= 4 is 0 Å². The van der Waals surface area contributed by atoms with Gasteiger partial charge in [0.1, 0.15) is 0 Å². The van der Waals surface area contributed by atoms with Gasteiger partial charge >= 0.3 is 0 Å². The summed E-state index contributed by atoms with van der Waals surface area (Å²) in [6.45, 7) is 17.5. The molecule has 1 unspecified atom stereocenters. The molecule has 1 N–H and O–H groups in total. The van der Waals surface area contributed by atoms with Crippen LogP contribution in [0.25, 0.3) is 0 Å². The summed E-state index contributed by atoms with van der Waals surface area (Å²) in [4.78, 5) is 0. The fourth-order valence-corrected chi connectivity index (χ4v) is 1.38. The Bertz CT molecular complexity index is 159. The maximum absolute atomic E-state index is 4.21. The SMILES string of the molecule is C=C(C(C)CNCC)C(C)(C)CC. The zero-order valence-corrected chi connectivity index (χ0v) is 9.91. The van der Waals surface area contributed by atoms with Crippen molar-refractivity contribution in [1.82, 2.24) is 5.32 Å². The van der Waals surface area contributed by atoms with Crippen molar-refractivity contribution in [3.8, 4) is 0 Å². The summed E-state index contributed by atoms with van der Waals surface area (Å²) in [5.41, 5.74) is 1.66. The van der Waals surface area contributed by atoms with Crippen LogP contribution in [0.3, 0.4) is 0 Å². The maximum atomic E-state index is 4.21. The van der Waals surface area contributed by atoms with Gasteiger partial charge in [0.05, 0.1) is 0 Å². The summed E-state index contributed by atoms with van der Waals surface area (Å²) < 4.78 is 0. The van der Waals surface area contributed by atoms with Crippen molar-refractivity contribution in [1.29, 1.82) is 0 Å². The first-order valence-corrected chi connectivity index (χ1v) is 5.35. The molecule has 0 radical (unpaired) electrons. The fourth-order valence-electron chi connectivity index (χ4n) is 1.38. The summed E-state index contributed by atoms with van der Waals surface area (Å²) in [7, 11) is 0. The molecule has 0 bridgehead atoms. The van der Waals surface area contributed by atoms with Crippen molar-refractivity contribution in [2.24, 2.45) is 11.3 Å². The van der Waals surface area contributed by atoms with Crippen molar-refractivity contribution in [3.05, 3.63) is 12.2 Å². The second kappa shape index (κ2) is 5.43. The highest BCUT2D eigenvalue weighted by Gasteiger charge is 2.22. The van der Waals surface area contributed by atoms with Crippen LogP contribution in [0, 0.1) is 11.3 Å². The van der Waals surface area contributed by atoms with Crippen LogP contribution in [-0.2, 0) is 0 Å². The molecule has 0 amide bonds. The van der Waals surface area contributed by atoms with E-state index < -0.39 is 0 Å². The lowest BCUT2D eigenvalue weighted by Crippen LogP contribution is -2.27. The Morgan fingerprint density at radius 2 is 1.92 bits per heavy atom. The average Bonchev–Trinajstić information content (AvgIpc) is 2.12. The third kappa shape index (κ3) is 3.95. The number of nitrogens with one attached hydrogen (secondary N) is 1. The van der Waals surface area contributed by atoms with Gasteiger partial charge in [-0.25, -0.2) is 0 Å². The van der Waals surface area contributed by atoms with Gasteiger partial charge in [-0.15, -0.1) is 0 Å². The molecule has 0 aliphatic heterocycles. The number of rotatable bonds is 6. The number of hydrogen-bond donors (Lipinski definition) is 1. The molecule has 0 heterocycles. The van der Waals surface area contributed by atoms with Gasteiger partial charge in [0.2, 0.25) is 0 Å². The lowest BCUT2D eigenvalue weighted by atomic mass is 9.77. The molecule has 13 heavy (non-hydrogen) atoms. The first-order valence-electron chi connectivity index (χ1n) is 5.35. The van der Waals surface area contributed by atoms with Gasteiger partial charge in [-0.2, -0.15) is 0 Å². The van der Waals surface area contributed by atoms with Crippen LogP contribution in [-0.4, -0.2) is 13.1 Å². The molecular weight excluding hydrogens is 158 g/mol. The van der Waals surface area contributed by atoms with Crippen LogP contribution in [0.1, 0.15) is 41.0 Å². The molecule has 1 atom stereocenters. The van der Waals surface area contributed by atoms with Crippen LogP contribution in [0.15, 0.2) is 12.2 Å². The normalized spacial score (nSPS) is 14.2. The highest BCUT2D eigenvalue weighted by Crippen LogP contribution is 2.33. The molecule has 0 fully saturated rings. The van der Waals surface area contributed by atoms with Gasteiger partial charge in [-0.3, -0.25) is 0 Å². The van der Waals surface area contributed by atoms with E-state index in [1.54, 1.807) is 0 Å². The second-order valence-corrected chi connectivity index (χ2v) is 4.47. The highest BCUT2D eigenvalue weighted by molar-refractivity contribution is 5.10. The molecule has 0 saturated heterocycles. The first kappa shape index (κ1) is 12.7. The van der Waals surface area contributed by atoms with Crippen molar-refractivity contribution in [3.63, 3.8) is 0 Å². The molecule has 0 aromatic carbocycles. The molecule has 0 aliphatic carbocycles. The van der Waals surface area contributed by atoms with E-state index in [0.717, 1.165) is 13.1 Å². The van der Waals surface area contributed by atoms with Crippen LogP contribution in [0.4, 0.5) is 0 Å². The Morgan fingerprint density at radius 3 is 2.31 bits per heavy atom. The molecular formula is C12H25N. The zero-order valence-electron chi connectivity index (χ0n) is 9.91. The van der Waals surface area contributed by atoms with Gasteiger partial charge in [0.15, 0.2) is 0 Å². The van der Waals surface area contributed by atoms with Gasteiger partial charge in [0.25, 0.3) is 0 Å². The summed E-state index contributed by atoms with van der Waals surface area (Å²) in [5, 5.41) is 3.36. The lowest BCUT2D eigenvalue weighted by Gasteiger charge is -2.30. The highest BCUT2D eigenvalue weighted by atomic mass is 14.8. The summed E-state index contributed by atoms with van der Waals surface area (Å²) >= 11 is 0. The van der Waals surface area contributed by atoms with Crippen LogP contribution in [0.5, 0.6) is 0 Å². The standard InChI is InChI=1S/C12H25N/c1-7-12(5,6)11(4)10(3)9-13-8-2/h10,13H,4,7-9H2,1-3,5-6H3. The molecule has 1 heteroatoms. The van der Waals surface area contributed by atoms with Crippen LogP contribution in [0.2, 0.25) is 0 Å². The van der Waals surface area contributed by atoms with Gasteiger partial charge in [-0.05, 0) is 24.3 Å². The van der Waals surface area contributed by atoms with Gasteiger partial charge < -0.3 is 5.32 Å². The van der Waals surface area contributed by atoms with E-state index in [2.05, 4.69) is 46.5 Å². The Morgan fingerprint density at radius 1 is 1.38 bits per heavy atom. The average molecular weight is 183 g/mol. The molecule has 0 aliphatic rings. The van der Waals surface area contributed by atoms with E-state index in [0.29, 0.717) is 5.92 Å². The predicted octanol–water partition coefficient (Wildman–Crippen LogP) is 3.22. The molecule has 0 saturated carbocycles. The third-order valence-corrected chi connectivity index (χ3v) is 3.05. The maximum Gasteiger partial charge on any atom is 0.00142 e. The fraction of sp³-hybridized carbons (Fsp3) is 0.833. The number of hydrogen-bond acceptors (Lipinski definition) is 1. The summed E-state index contributed by atoms with van der Waals surface area (Å²) in [5.74, 6) is 0.579. The third-order valence-electron chi connectivity index (χ3n) is 3.05. The smallest absolute Gasteiger partial charge is 0.00142 e. The van der Waals surface area contributed by atoms with E-state index in [-0.39, 0.29) is 5.41 Å². The Hall–Kier alpha value is -0.300. The minimum Gasteiger partial charge on any atom is -0.316 e. The minimum atomic E-state index is 0.287. The quantitative estimate of drug-likeness (QED) is 0.623. The molecule has 0 rings (SSSR count). The van der Waals surface area contributed by atoms with E-state index in [4.69, 9.17) is 0 Å². The van der Waals surface area contributed by atoms with E-state index in [1.807, 2.05) is 0 Å². The van der Waals surface area contributed by atoms with Crippen LogP contribution >= 0.6 is 0 Å². The lowest BCUT2D eigenvalue weighted by molar-refractivity contribution is 0.376. The molecule has 0 spiro atoms. The van der Waals surface area contributed by atoms with E-state index in [9.17, 15) is 0 Å². The van der Waals surface area contributed by atoms with Crippen molar-refractivity contribution < 1.29 is 0 Å². The molecule has 78 valence electrons. The Balaban J connectivity index is 4.09. The summed E-state index contributed by atoms with van der Waals surface area (Å²) in [6, 6.07) is 0. The Kier molecular flexibility index (Phi) is 5.31. The Labute approximate surface area is 83.6 Å². The molecule has 0 aromatic heterocycles. The largest absolute Gasteiger partial charge is 0.316 e. The zero-order chi connectivity index (χ0) is 10.5. The summed E-state index contributed by atoms with van der Waals surface area (Å²) in [6.07, 6.45) is 1.17. The van der Waals surface area contributed by atoms with E-state index in [1.165, 1.54) is 12.0 Å². The first-order chi connectivity index (χ1) is 5.95. The van der Waals surface area contributed by atoms with Crippen LogP contribution < -0.4 is 5.32 Å². The second-order valence-electron chi connectivity index (χ2n) is 4.47. The monoisotopic (exact) mass is 183 g/mol. The topological polar surface area (TPSA) is 12.0 Å². The molecule has 0 aromatic rings. The van der Waals surface area contributed by atoms with Crippen molar-refractivity contribution in [2.75, 3.05) is 13.1 Å².